The van der Waals surface area contributed by atoms with Gasteiger partial charge in [-0.2, -0.15) is 0 Å². The Bertz CT molecular complexity index is 314. The number of hydrogen-bond donors (Lipinski definition) is 2. The predicted molar refractivity (Wildman–Crippen MR) is 42.3 cm³/mol. The van der Waals surface area contributed by atoms with Gasteiger partial charge in [-0.15, -0.1) is 0 Å². The van der Waals surface area contributed by atoms with Gasteiger partial charge >= 0.3 is 5.97 Å². The molecule has 0 radical (unpaired) electrons. The first kappa shape index (κ1) is 8.80. The van der Waals surface area contributed by atoms with E-state index in [9.17, 15) is 9.90 Å². The van der Waals surface area contributed by atoms with Crippen LogP contribution in [0.2, 0.25) is 5.02 Å². The summed E-state index contributed by atoms with van der Waals surface area (Å²) < 4.78 is 0. The molecule has 4 nitrogen and oxygen atoms in total. The predicted octanol–water partition coefficient (Wildman–Crippen LogP) is 1.07. The van der Waals surface area contributed by atoms with Gasteiger partial charge in [-0.05, 0) is 6.07 Å². The molecule has 12 heavy (non-hydrogen) atoms. The van der Waals surface area contributed by atoms with E-state index in [0.717, 1.165) is 0 Å². The third kappa shape index (κ3) is 1.85. The number of pyridine rings is 1. The Kier molecular flexibility index (Phi) is 2.50. The highest BCUT2D eigenvalue weighted by atomic mass is 35.5. The fraction of sp³-hybridized carbons (Fsp3) is 0.143. The number of aliphatic carboxylic acids is 1. The second kappa shape index (κ2) is 3.40. The van der Waals surface area contributed by atoms with Crippen molar-refractivity contribution in [3.05, 3.63) is 23.0 Å². The van der Waals surface area contributed by atoms with E-state index in [1.54, 1.807) is 0 Å². The van der Waals surface area contributed by atoms with E-state index < -0.39 is 5.97 Å². The second-order valence-corrected chi connectivity index (χ2v) is 2.57. The van der Waals surface area contributed by atoms with E-state index in [2.05, 4.69) is 4.98 Å². The van der Waals surface area contributed by atoms with Gasteiger partial charge in [0, 0.05) is 6.20 Å². The van der Waals surface area contributed by atoms with Crippen molar-refractivity contribution in [1.82, 2.24) is 4.98 Å². The molecular weight excluding hydrogens is 182 g/mol. The normalized spacial score (nSPS) is 9.75. The van der Waals surface area contributed by atoms with Crippen molar-refractivity contribution in [2.24, 2.45) is 0 Å². The number of halogens is 1. The number of rotatable bonds is 2. The largest absolute Gasteiger partial charge is 0.505 e. The SMILES string of the molecule is O=C(O)Cc1nccc(Cl)c1O. The monoisotopic (exact) mass is 187 g/mol. The van der Waals surface area contributed by atoms with Crippen molar-refractivity contribution in [2.75, 3.05) is 0 Å². The number of nitrogens with zero attached hydrogens (tertiary/aromatic N) is 1. The van der Waals surface area contributed by atoms with Crippen LogP contribution in [-0.2, 0) is 11.2 Å². The van der Waals surface area contributed by atoms with Crippen LogP contribution >= 0.6 is 11.6 Å². The third-order valence-electron chi connectivity index (χ3n) is 1.27. The van der Waals surface area contributed by atoms with Gasteiger partial charge in [0.2, 0.25) is 0 Å². The quantitative estimate of drug-likeness (QED) is 0.727. The van der Waals surface area contributed by atoms with Crippen LogP contribution in [0.15, 0.2) is 12.3 Å². The molecule has 1 heterocycles. The lowest BCUT2D eigenvalue weighted by molar-refractivity contribution is -0.136. The first-order valence-electron chi connectivity index (χ1n) is 3.15. The van der Waals surface area contributed by atoms with E-state index in [-0.39, 0.29) is 22.9 Å². The molecule has 1 aromatic heterocycles. The summed E-state index contributed by atoms with van der Waals surface area (Å²) in [5, 5.41) is 17.7. The third-order valence-corrected chi connectivity index (χ3v) is 1.57. The van der Waals surface area contributed by atoms with Gasteiger partial charge in [0.05, 0.1) is 17.1 Å². The number of aromatic hydroxyl groups is 1. The lowest BCUT2D eigenvalue weighted by Gasteiger charge is -2.00. The number of aromatic nitrogens is 1. The van der Waals surface area contributed by atoms with E-state index in [1.807, 2.05) is 0 Å². The molecule has 2 N–H and O–H groups in total. The minimum absolute atomic E-state index is 0.0787. The summed E-state index contributed by atoms with van der Waals surface area (Å²) >= 11 is 5.51. The van der Waals surface area contributed by atoms with Gasteiger partial charge in [-0.25, -0.2) is 0 Å². The molecule has 0 aliphatic carbocycles. The van der Waals surface area contributed by atoms with Crippen LogP contribution in [0.3, 0.4) is 0 Å². The van der Waals surface area contributed by atoms with Crippen LogP contribution < -0.4 is 0 Å². The molecule has 0 atom stereocenters. The molecule has 0 spiro atoms. The van der Waals surface area contributed by atoms with Gasteiger partial charge in [-0.1, -0.05) is 11.6 Å². The maximum Gasteiger partial charge on any atom is 0.309 e. The Morgan fingerprint density at radius 2 is 2.33 bits per heavy atom. The molecule has 64 valence electrons. The zero-order valence-electron chi connectivity index (χ0n) is 5.99. The van der Waals surface area contributed by atoms with Crippen LogP contribution in [0.4, 0.5) is 0 Å². The first-order valence-corrected chi connectivity index (χ1v) is 3.53. The van der Waals surface area contributed by atoms with Crippen molar-refractivity contribution in [3.63, 3.8) is 0 Å². The van der Waals surface area contributed by atoms with Crippen molar-refractivity contribution >= 4 is 17.6 Å². The maximum atomic E-state index is 10.2. The summed E-state index contributed by atoms with van der Waals surface area (Å²) in [5.41, 5.74) is 0.0787. The molecule has 0 saturated carbocycles. The Morgan fingerprint density at radius 3 is 2.92 bits per heavy atom. The van der Waals surface area contributed by atoms with Crippen molar-refractivity contribution in [3.8, 4) is 5.75 Å². The molecule has 0 bridgehead atoms. The highest BCUT2D eigenvalue weighted by Gasteiger charge is 2.09. The molecule has 0 aromatic carbocycles. The second-order valence-electron chi connectivity index (χ2n) is 2.16. The molecule has 0 unspecified atom stereocenters. The molecule has 0 aliphatic heterocycles. The topological polar surface area (TPSA) is 70.4 Å². The van der Waals surface area contributed by atoms with Crippen LogP contribution in [0.25, 0.3) is 0 Å². The van der Waals surface area contributed by atoms with Gasteiger partial charge in [0.1, 0.15) is 0 Å². The van der Waals surface area contributed by atoms with Crippen LogP contribution in [0.5, 0.6) is 5.75 Å². The number of carboxylic acids is 1. The van der Waals surface area contributed by atoms with Crippen LogP contribution in [0.1, 0.15) is 5.69 Å². The summed E-state index contributed by atoms with van der Waals surface area (Å²) in [7, 11) is 0. The smallest absolute Gasteiger partial charge is 0.309 e. The van der Waals surface area contributed by atoms with Gasteiger partial charge < -0.3 is 10.2 Å². The summed E-state index contributed by atoms with van der Waals surface area (Å²) in [6.07, 6.45) is 1.02. The van der Waals surface area contributed by atoms with E-state index >= 15 is 0 Å². The fourth-order valence-electron chi connectivity index (χ4n) is 0.743. The summed E-state index contributed by atoms with van der Waals surface area (Å²) in [5.74, 6) is -1.32. The molecule has 0 saturated heterocycles. The van der Waals surface area contributed by atoms with E-state index in [4.69, 9.17) is 16.7 Å². The minimum atomic E-state index is -1.06. The van der Waals surface area contributed by atoms with Crippen molar-refractivity contribution in [2.45, 2.75) is 6.42 Å². The number of carbonyl (C=O) groups is 1. The molecule has 5 heteroatoms. The molecule has 0 amide bonds. The zero-order valence-corrected chi connectivity index (χ0v) is 6.75. The Morgan fingerprint density at radius 1 is 1.67 bits per heavy atom. The lowest BCUT2D eigenvalue weighted by atomic mass is 10.2. The fourth-order valence-corrected chi connectivity index (χ4v) is 0.909. The summed E-state index contributed by atoms with van der Waals surface area (Å²) in [4.78, 5) is 13.9. The molecule has 0 fully saturated rings. The Balaban J connectivity index is 3.00. The Hall–Kier alpha value is -1.29. The highest BCUT2D eigenvalue weighted by Crippen LogP contribution is 2.24. The van der Waals surface area contributed by atoms with Crippen molar-refractivity contribution < 1.29 is 15.0 Å². The standard InChI is InChI=1S/C7H6ClNO3/c8-4-1-2-9-5(7(4)12)3-6(10)11/h1-2,12H,3H2,(H,10,11). The zero-order chi connectivity index (χ0) is 9.14. The molecular formula is C7H6ClNO3. The maximum absolute atomic E-state index is 10.2. The number of carboxylic acid groups (broad SMARTS) is 1. The molecule has 1 rings (SSSR count). The van der Waals surface area contributed by atoms with Crippen LogP contribution in [0, 0.1) is 0 Å². The van der Waals surface area contributed by atoms with E-state index in [1.165, 1.54) is 12.3 Å². The Labute approximate surface area is 73.4 Å². The summed E-state index contributed by atoms with van der Waals surface area (Å²) in [6.45, 7) is 0. The molecule has 0 aliphatic rings. The van der Waals surface area contributed by atoms with Gasteiger partial charge in [0.25, 0.3) is 0 Å². The van der Waals surface area contributed by atoms with Gasteiger partial charge in [-0.3, -0.25) is 9.78 Å². The minimum Gasteiger partial charge on any atom is -0.505 e. The first-order chi connectivity index (χ1) is 5.61. The average Bonchev–Trinajstić information content (AvgIpc) is 1.98. The lowest BCUT2D eigenvalue weighted by Crippen LogP contribution is -2.02. The van der Waals surface area contributed by atoms with Crippen LogP contribution in [-0.4, -0.2) is 21.2 Å². The highest BCUT2D eigenvalue weighted by molar-refractivity contribution is 6.32. The van der Waals surface area contributed by atoms with E-state index in [0.29, 0.717) is 0 Å². The van der Waals surface area contributed by atoms with Crippen molar-refractivity contribution in [1.29, 1.82) is 0 Å². The number of hydrogen-bond acceptors (Lipinski definition) is 3. The summed E-state index contributed by atoms with van der Waals surface area (Å²) in [6, 6.07) is 1.39. The molecule has 1 aromatic rings. The average molecular weight is 188 g/mol. The van der Waals surface area contributed by atoms with Gasteiger partial charge in [0.15, 0.2) is 5.75 Å².